The maximum atomic E-state index is 11.4. The standard InChI is InChI=1S/C31H53NO14/c33-30(27-46-28-31(34)35)32-6-7-36-8-9-37-10-11-38-12-13-39-14-15-40-16-17-41-18-19-42-20-21-43-22-23-44-24-25-45-26-29-4-2-1-3-5-29/h1-5H,6-28H2,(H,32,33)(H,34,35). The van der Waals surface area contributed by atoms with Gasteiger partial charge in [0.15, 0.2) is 0 Å². The highest BCUT2D eigenvalue weighted by molar-refractivity contribution is 5.77. The Hall–Kier alpha value is -2.28. The summed E-state index contributed by atoms with van der Waals surface area (Å²) in [7, 11) is 0. The van der Waals surface area contributed by atoms with Crippen LogP contribution in [0.4, 0.5) is 0 Å². The molecule has 0 aromatic heterocycles. The number of carboxylic acids is 1. The molecule has 1 rings (SSSR count). The molecule has 2 N–H and O–H groups in total. The predicted molar refractivity (Wildman–Crippen MR) is 165 cm³/mol. The van der Waals surface area contributed by atoms with Crippen LogP contribution in [0.15, 0.2) is 30.3 Å². The van der Waals surface area contributed by atoms with Crippen LogP contribution >= 0.6 is 0 Å². The number of carbonyl (C=O) groups excluding carboxylic acids is 1. The molecule has 0 unspecified atom stereocenters. The van der Waals surface area contributed by atoms with E-state index in [2.05, 4.69) is 10.1 Å². The maximum Gasteiger partial charge on any atom is 0.329 e. The molecule has 1 aromatic carbocycles. The minimum absolute atomic E-state index is 0.300. The summed E-state index contributed by atoms with van der Waals surface area (Å²) in [5.74, 6) is -1.52. The predicted octanol–water partition coefficient (Wildman–Crippen LogP) is 0.570. The van der Waals surface area contributed by atoms with Crippen molar-refractivity contribution in [1.82, 2.24) is 5.32 Å². The molecule has 0 heterocycles. The minimum Gasteiger partial charge on any atom is -0.480 e. The summed E-state index contributed by atoms with van der Waals surface area (Å²) < 4.78 is 59.2. The summed E-state index contributed by atoms with van der Waals surface area (Å²) in [4.78, 5) is 21.6. The average molecular weight is 664 g/mol. The lowest BCUT2D eigenvalue weighted by Crippen LogP contribution is -2.31. The third-order valence-corrected chi connectivity index (χ3v) is 5.49. The molecule has 0 radical (unpaired) electrons. The van der Waals surface area contributed by atoms with Crippen LogP contribution in [0.25, 0.3) is 0 Å². The Kier molecular flexibility index (Phi) is 30.9. The van der Waals surface area contributed by atoms with E-state index in [-0.39, 0.29) is 6.61 Å². The Bertz CT molecular complexity index is 805. The fourth-order valence-corrected chi connectivity index (χ4v) is 3.29. The Morgan fingerprint density at radius 1 is 0.457 bits per heavy atom. The van der Waals surface area contributed by atoms with Crippen LogP contribution in [0.1, 0.15) is 5.56 Å². The molecule has 0 aliphatic rings. The van der Waals surface area contributed by atoms with Gasteiger partial charge in [0, 0.05) is 6.54 Å². The van der Waals surface area contributed by atoms with Gasteiger partial charge in [0.2, 0.25) is 5.91 Å². The van der Waals surface area contributed by atoms with Crippen molar-refractivity contribution in [3.05, 3.63) is 35.9 Å². The van der Waals surface area contributed by atoms with Gasteiger partial charge in [0.05, 0.1) is 132 Å². The summed E-state index contributed by atoms with van der Waals surface area (Å²) in [6.07, 6.45) is 0. The fourth-order valence-electron chi connectivity index (χ4n) is 3.29. The van der Waals surface area contributed by atoms with Crippen molar-refractivity contribution in [2.45, 2.75) is 6.61 Å². The van der Waals surface area contributed by atoms with Crippen LogP contribution in [0.5, 0.6) is 0 Å². The number of amides is 1. The average Bonchev–Trinajstić information content (AvgIpc) is 3.05. The largest absolute Gasteiger partial charge is 0.480 e. The van der Waals surface area contributed by atoms with E-state index in [9.17, 15) is 9.59 Å². The van der Waals surface area contributed by atoms with Crippen molar-refractivity contribution < 1.29 is 66.8 Å². The van der Waals surface area contributed by atoms with Crippen LogP contribution < -0.4 is 5.32 Å². The molecule has 0 saturated heterocycles. The molecule has 1 aromatic rings. The molecule has 0 spiro atoms. The molecule has 0 saturated carbocycles. The molecule has 266 valence electrons. The lowest BCUT2D eigenvalue weighted by atomic mass is 10.2. The second-order valence-corrected chi connectivity index (χ2v) is 9.29. The first-order valence-electron chi connectivity index (χ1n) is 15.6. The van der Waals surface area contributed by atoms with Gasteiger partial charge in [-0.1, -0.05) is 30.3 Å². The second-order valence-electron chi connectivity index (χ2n) is 9.29. The van der Waals surface area contributed by atoms with Crippen LogP contribution in [-0.2, 0) is 68.3 Å². The highest BCUT2D eigenvalue weighted by atomic mass is 16.6. The monoisotopic (exact) mass is 663 g/mol. The lowest BCUT2D eigenvalue weighted by molar-refractivity contribution is -0.143. The molecule has 0 fully saturated rings. The Balaban J connectivity index is 1.63. The van der Waals surface area contributed by atoms with E-state index in [1.807, 2.05) is 30.3 Å². The van der Waals surface area contributed by atoms with E-state index in [1.54, 1.807) is 0 Å². The zero-order valence-electron chi connectivity index (χ0n) is 26.9. The smallest absolute Gasteiger partial charge is 0.329 e. The zero-order chi connectivity index (χ0) is 33.0. The second kappa shape index (κ2) is 34.1. The topological polar surface area (TPSA) is 168 Å². The van der Waals surface area contributed by atoms with Crippen molar-refractivity contribution in [3.8, 4) is 0 Å². The highest BCUT2D eigenvalue weighted by Gasteiger charge is 2.03. The molecule has 15 heteroatoms. The molecule has 0 aliphatic heterocycles. The number of nitrogens with one attached hydrogen (secondary N) is 1. The maximum absolute atomic E-state index is 11.4. The van der Waals surface area contributed by atoms with E-state index in [4.69, 9.17) is 52.5 Å². The minimum atomic E-state index is -1.12. The highest BCUT2D eigenvalue weighted by Crippen LogP contribution is 2.00. The van der Waals surface area contributed by atoms with Crippen molar-refractivity contribution in [1.29, 1.82) is 0 Å². The summed E-state index contributed by atoms with van der Waals surface area (Å²) in [5, 5.41) is 11.0. The third kappa shape index (κ3) is 31.7. The normalized spacial score (nSPS) is 11.2. The first-order chi connectivity index (χ1) is 22.7. The molecule has 0 bridgehead atoms. The van der Waals surface area contributed by atoms with E-state index < -0.39 is 18.5 Å². The number of carboxylic acid groups (broad SMARTS) is 1. The van der Waals surface area contributed by atoms with Crippen molar-refractivity contribution >= 4 is 11.9 Å². The number of hydrogen-bond acceptors (Lipinski definition) is 13. The van der Waals surface area contributed by atoms with Crippen molar-refractivity contribution in [2.75, 3.05) is 145 Å². The number of rotatable bonds is 36. The summed E-state index contributed by atoms with van der Waals surface area (Å²) in [5.41, 5.74) is 1.15. The Labute approximate surface area is 271 Å². The third-order valence-electron chi connectivity index (χ3n) is 5.49. The van der Waals surface area contributed by atoms with Gasteiger partial charge in [-0.05, 0) is 5.56 Å². The van der Waals surface area contributed by atoms with Gasteiger partial charge in [-0.15, -0.1) is 0 Å². The molecule has 0 atom stereocenters. The van der Waals surface area contributed by atoms with Crippen LogP contribution in [0.3, 0.4) is 0 Å². The summed E-state index contributed by atoms with van der Waals surface area (Å²) in [6, 6.07) is 10.0. The Morgan fingerprint density at radius 2 is 0.804 bits per heavy atom. The molecule has 46 heavy (non-hydrogen) atoms. The number of aliphatic carboxylic acids is 1. The van der Waals surface area contributed by atoms with Gasteiger partial charge in [0.1, 0.15) is 13.2 Å². The molecule has 15 nitrogen and oxygen atoms in total. The van der Waals surface area contributed by atoms with Gasteiger partial charge in [-0.2, -0.15) is 0 Å². The Morgan fingerprint density at radius 3 is 1.17 bits per heavy atom. The van der Waals surface area contributed by atoms with Gasteiger partial charge < -0.3 is 62.5 Å². The van der Waals surface area contributed by atoms with Gasteiger partial charge in [0.25, 0.3) is 0 Å². The first kappa shape index (κ1) is 41.7. The van der Waals surface area contributed by atoms with E-state index >= 15 is 0 Å². The van der Waals surface area contributed by atoms with Gasteiger partial charge >= 0.3 is 5.97 Å². The van der Waals surface area contributed by atoms with E-state index in [0.717, 1.165) is 5.56 Å². The summed E-state index contributed by atoms with van der Waals surface area (Å²) >= 11 is 0. The van der Waals surface area contributed by atoms with Crippen LogP contribution in [0.2, 0.25) is 0 Å². The van der Waals surface area contributed by atoms with Gasteiger partial charge in [-0.25, -0.2) is 4.79 Å². The number of hydrogen-bond donors (Lipinski definition) is 2. The molecular formula is C31H53NO14. The zero-order valence-corrected chi connectivity index (χ0v) is 26.9. The van der Waals surface area contributed by atoms with Crippen molar-refractivity contribution in [3.63, 3.8) is 0 Å². The van der Waals surface area contributed by atoms with Crippen LogP contribution in [0, 0.1) is 0 Å². The van der Waals surface area contributed by atoms with Gasteiger partial charge in [-0.3, -0.25) is 4.79 Å². The first-order valence-corrected chi connectivity index (χ1v) is 15.6. The molecule has 0 aliphatic carbocycles. The molecular weight excluding hydrogens is 610 g/mol. The quantitative estimate of drug-likeness (QED) is 0.0956. The fraction of sp³-hybridized carbons (Fsp3) is 0.742. The lowest BCUT2D eigenvalue weighted by Gasteiger charge is -2.09. The van der Waals surface area contributed by atoms with Crippen molar-refractivity contribution in [2.24, 2.45) is 0 Å². The van der Waals surface area contributed by atoms with E-state index in [0.29, 0.717) is 139 Å². The number of carbonyl (C=O) groups is 2. The molecule has 1 amide bonds. The number of ether oxygens (including phenoxy) is 11. The summed E-state index contributed by atoms with van der Waals surface area (Å²) in [6.45, 7) is 9.07. The SMILES string of the molecule is O=C(O)COCC(=O)NCCOCCOCCOCCOCCOCCOCCOCCOCCOCCOCc1ccccc1. The number of benzene rings is 1. The van der Waals surface area contributed by atoms with E-state index in [1.165, 1.54) is 0 Å². The van der Waals surface area contributed by atoms with Crippen LogP contribution in [-0.4, -0.2) is 162 Å².